The van der Waals surface area contributed by atoms with Crippen LogP contribution in [-0.2, 0) is 53.7 Å². The molecule has 2 aromatic carbocycles. The second-order valence-corrected chi connectivity index (χ2v) is 13.2. The highest BCUT2D eigenvalue weighted by Crippen LogP contribution is 2.43. The molecule has 1 fully saturated rings. The molecule has 1 spiro atoms. The smallest absolute Gasteiger partial charge is 0.449 e. The number of halogens is 7. The SMILES string of the molecule is O=CN(O)CCCN[C@@H](Cn1c(=O)c2c(n(Cc3c(F)cccc3C(F)(F)F)c1=O)COC21CCN(Cc2ccc(C(F)(F)F)o2)CC1)c1ccccc1. The summed E-state index contributed by atoms with van der Waals surface area (Å²) in [7, 11) is 0. The third-order valence-electron chi connectivity index (χ3n) is 9.84. The summed E-state index contributed by atoms with van der Waals surface area (Å²) in [6, 6.07) is 12.5. The van der Waals surface area contributed by atoms with E-state index < -0.39 is 64.5 Å². The van der Waals surface area contributed by atoms with Crippen LogP contribution in [0, 0.1) is 5.82 Å². The first kappa shape index (κ1) is 38.9. The van der Waals surface area contributed by atoms with Gasteiger partial charge in [0.1, 0.15) is 17.2 Å². The number of nitrogens with zero attached hydrogens (tertiary/aromatic N) is 4. The predicted octanol–water partition coefficient (Wildman–Crippen LogP) is 5.42. The topological polar surface area (TPSA) is 122 Å². The Hall–Kier alpha value is -4.78. The third-order valence-corrected chi connectivity index (χ3v) is 9.84. The number of carbonyl (C=O) groups is 1. The number of fused-ring (bicyclic) bond motifs is 2. The summed E-state index contributed by atoms with van der Waals surface area (Å²) >= 11 is 0. The lowest BCUT2D eigenvalue weighted by Gasteiger charge is -2.38. The molecule has 0 aliphatic carbocycles. The van der Waals surface area contributed by atoms with Gasteiger partial charge in [0, 0.05) is 25.2 Å². The average Bonchev–Trinajstić information content (AvgIpc) is 3.76. The third kappa shape index (κ3) is 8.15. The Morgan fingerprint density at radius 1 is 0.926 bits per heavy atom. The second kappa shape index (κ2) is 15.5. The minimum atomic E-state index is -4.96. The van der Waals surface area contributed by atoms with Crippen molar-refractivity contribution in [1.82, 2.24) is 24.4 Å². The van der Waals surface area contributed by atoms with Crippen molar-refractivity contribution < 1.29 is 49.9 Å². The number of benzene rings is 2. The van der Waals surface area contributed by atoms with Crippen LogP contribution in [0.2, 0.25) is 0 Å². The molecule has 0 unspecified atom stereocenters. The first-order valence-electron chi connectivity index (χ1n) is 17.0. The van der Waals surface area contributed by atoms with Gasteiger partial charge in [-0.25, -0.2) is 14.2 Å². The van der Waals surface area contributed by atoms with Crippen molar-refractivity contribution in [3.63, 3.8) is 0 Å². The number of aromatic nitrogens is 2. The molecule has 2 aromatic heterocycles. The lowest BCUT2D eigenvalue weighted by molar-refractivity contribution is -0.153. The summed E-state index contributed by atoms with van der Waals surface area (Å²) in [6.45, 7) is -0.836. The molecule has 0 bridgehead atoms. The van der Waals surface area contributed by atoms with Gasteiger partial charge in [-0.05, 0) is 55.6 Å². The first-order valence-corrected chi connectivity index (χ1v) is 17.0. The molecule has 290 valence electrons. The highest BCUT2D eigenvalue weighted by Gasteiger charge is 2.47. The van der Waals surface area contributed by atoms with Gasteiger partial charge in [0.2, 0.25) is 12.2 Å². The zero-order valence-electron chi connectivity index (χ0n) is 28.6. The number of hydrogen-bond acceptors (Lipinski definition) is 8. The maximum Gasteiger partial charge on any atom is 0.449 e. The maximum absolute atomic E-state index is 15.2. The molecule has 18 heteroatoms. The molecule has 2 aliphatic heterocycles. The van der Waals surface area contributed by atoms with Gasteiger partial charge in [-0.3, -0.25) is 28.8 Å². The Bertz CT molecular complexity index is 2070. The summed E-state index contributed by atoms with van der Waals surface area (Å²) in [5.41, 5.74) is -4.43. The molecule has 54 heavy (non-hydrogen) atoms. The van der Waals surface area contributed by atoms with Crippen molar-refractivity contribution in [3.8, 4) is 0 Å². The van der Waals surface area contributed by atoms with Gasteiger partial charge < -0.3 is 14.5 Å². The van der Waals surface area contributed by atoms with Gasteiger partial charge in [0.15, 0.2) is 0 Å². The number of nitrogens with one attached hydrogen (secondary N) is 1. The molecule has 1 amide bonds. The van der Waals surface area contributed by atoms with E-state index in [0.717, 1.165) is 27.3 Å². The Labute approximate surface area is 303 Å². The standard InChI is InChI=1S/C36H36F7N5O6/c37-27-9-4-8-26(35(38,39)40)25(27)19-47-29-21-53-34(12-16-45(17-13-34)18-24-10-11-30(54-24)36(41,42)43)31(29)32(50)48(33(47)51)20-28(23-6-2-1-3-7-23)44-14-5-15-46(52)22-49/h1-4,6-11,22,28,44,52H,5,12-21H2/t28-/m0/s1. The van der Waals surface area contributed by atoms with E-state index in [9.17, 15) is 45.9 Å². The van der Waals surface area contributed by atoms with Crippen molar-refractivity contribution in [3.05, 3.63) is 127 Å². The summed E-state index contributed by atoms with van der Waals surface area (Å²) < 4.78 is 110. The van der Waals surface area contributed by atoms with Gasteiger partial charge >= 0.3 is 18.0 Å². The number of alkyl halides is 6. The summed E-state index contributed by atoms with van der Waals surface area (Å²) in [6.07, 6.45) is -8.82. The molecule has 0 saturated carbocycles. The number of carbonyl (C=O) groups excluding carboxylic acids is 1. The monoisotopic (exact) mass is 767 g/mol. The number of piperidine rings is 1. The lowest BCUT2D eigenvalue weighted by atomic mass is 9.85. The average molecular weight is 768 g/mol. The highest BCUT2D eigenvalue weighted by molar-refractivity contribution is 5.44. The van der Waals surface area contributed by atoms with Crippen LogP contribution >= 0.6 is 0 Å². The molecule has 0 radical (unpaired) electrons. The van der Waals surface area contributed by atoms with Crippen LogP contribution in [-0.4, -0.2) is 56.9 Å². The normalized spacial score (nSPS) is 16.4. The van der Waals surface area contributed by atoms with E-state index in [0.29, 0.717) is 16.7 Å². The molecule has 6 rings (SSSR count). The molecule has 1 saturated heterocycles. The molecule has 4 aromatic rings. The number of furan rings is 1. The molecule has 2 N–H and O–H groups in total. The summed E-state index contributed by atoms with van der Waals surface area (Å²) in [5, 5.41) is 13.2. The Morgan fingerprint density at radius 3 is 2.30 bits per heavy atom. The Morgan fingerprint density at radius 2 is 1.65 bits per heavy atom. The van der Waals surface area contributed by atoms with E-state index in [1.165, 1.54) is 6.07 Å². The fraction of sp³-hybridized carbons (Fsp3) is 0.417. The minimum Gasteiger partial charge on any atom is -0.455 e. The summed E-state index contributed by atoms with van der Waals surface area (Å²) in [5.74, 6) is -2.26. The highest BCUT2D eigenvalue weighted by atomic mass is 19.4. The molecular formula is C36H36F7N5O6. The van der Waals surface area contributed by atoms with Gasteiger partial charge in [0.25, 0.3) is 5.56 Å². The van der Waals surface area contributed by atoms with Crippen LogP contribution < -0.4 is 16.6 Å². The second-order valence-electron chi connectivity index (χ2n) is 13.2. The number of rotatable bonds is 13. The lowest BCUT2D eigenvalue weighted by Crippen LogP contribution is -2.50. The van der Waals surface area contributed by atoms with Crippen LogP contribution in [0.4, 0.5) is 30.7 Å². The Balaban J connectivity index is 1.39. The number of hydrogen-bond donors (Lipinski definition) is 2. The van der Waals surface area contributed by atoms with Crippen molar-refractivity contribution in [1.29, 1.82) is 0 Å². The van der Waals surface area contributed by atoms with Crippen molar-refractivity contribution >= 4 is 6.41 Å². The van der Waals surface area contributed by atoms with E-state index in [-0.39, 0.29) is 88.6 Å². The quantitative estimate of drug-likeness (QED) is 0.0609. The zero-order chi connectivity index (χ0) is 38.8. The van der Waals surface area contributed by atoms with Crippen LogP contribution in [0.25, 0.3) is 0 Å². The van der Waals surface area contributed by atoms with Crippen LogP contribution in [0.15, 0.2) is 74.7 Å². The van der Waals surface area contributed by atoms with E-state index in [1.807, 2.05) is 4.90 Å². The molecule has 1 atom stereocenters. The number of amides is 1. The molecule has 2 aliphatic rings. The van der Waals surface area contributed by atoms with Gasteiger partial charge in [0.05, 0.1) is 49.1 Å². The van der Waals surface area contributed by atoms with Crippen molar-refractivity contribution in [2.45, 2.75) is 69.5 Å². The van der Waals surface area contributed by atoms with Crippen LogP contribution in [0.1, 0.15) is 64.8 Å². The van der Waals surface area contributed by atoms with Gasteiger partial charge in [-0.2, -0.15) is 26.3 Å². The van der Waals surface area contributed by atoms with E-state index in [2.05, 4.69) is 5.32 Å². The number of likely N-dealkylation sites (tertiary alicyclic amines) is 1. The van der Waals surface area contributed by atoms with E-state index in [1.54, 1.807) is 30.3 Å². The molecule has 4 heterocycles. The first-order chi connectivity index (χ1) is 25.6. The van der Waals surface area contributed by atoms with Crippen molar-refractivity contribution in [2.75, 3.05) is 26.2 Å². The van der Waals surface area contributed by atoms with E-state index in [4.69, 9.17) is 9.15 Å². The zero-order valence-corrected chi connectivity index (χ0v) is 28.6. The number of hydroxylamine groups is 2. The van der Waals surface area contributed by atoms with Crippen LogP contribution in [0.3, 0.4) is 0 Å². The number of ether oxygens (including phenoxy) is 1. The predicted molar refractivity (Wildman–Crippen MR) is 177 cm³/mol. The van der Waals surface area contributed by atoms with Gasteiger partial charge in [-0.1, -0.05) is 36.4 Å². The molecule has 11 nitrogen and oxygen atoms in total. The van der Waals surface area contributed by atoms with Crippen LogP contribution in [0.5, 0.6) is 0 Å². The largest absolute Gasteiger partial charge is 0.455 e. The Kier molecular flexibility index (Phi) is 11.2. The fourth-order valence-corrected chi connectivity index (χ4v) is 7.12. The maximum atomic E-state index is 15.2. The minimum absolute atomic E-state index is 0.00746. The molecular weight excluding hydrogens is 731 g/mol. The van der Waals surface area contributed by atoms with Gasteiger partial charge in [-0.15, -0.1) is 0 Å². The summed E-state index contributed by atoms with van der Waals surface area (Å²) in [4.78, 5) is 41.5. The van der Waals surface area contributed by atoms with E-state index >= 15 is 4.39 Å². The fourth-order valence-electron chi connectivity index (χ4n) is 7.12. The van der Waals surface area contributed by atoms with Crippen molar-refractivity contribution in [2.24, 2.45) is 0 Å².